The number of methoxy groups -OCH3 is 1. The molecule has 1 unspecified atom stereocenters. The van der Waals surface area contributed by atoms with Crippen LogP contribution in [0.3, 0.4) is 0 Å². The largest absolute Gasteiger partial charge is 0.416 e. The average molecular weight is 314 g/mol. The summed E-state index contributed by atoms with van der Waals surface area (Å²) in [5, 5.41) is 9.22. The predicted octanol–water partition coefficient (Wildman–Crippen LogP) is 3.14. The van der Waals surface area contributed by atoms with E-state index >= 15 is 0 Å². The molecule has 0 spiro atoms. The third-order valence-electron chi connectivity index (χ3n) is 2.72. The van der Waals surface area contributed by atoms with Crippen LogP contribution >= 0.6 is 11.3 Å². The van der Waals surface area contributed by atoms with E-state index in [1.54, 1.807) is 6.07 Å². The summed E-state index contributed by atoms with van der Waals surface area (Å²) in [6, 6.07) is 4.95. The molecule has 0 radical (unpaired) electrons. The minimum absolute atomic E-state index is 0.121. The number of nitrogens with zero attached hydrogens (tertiary/aromatic N) is 2. The Morgan fingerprint density at radius 3 is 2.81 bits per heavy atom. The Kier molecular flexibility index (Phi) is 4.25. The normalized spacial score (nSPS) is 13.1. The molecule has 21 heavy (non-hydrogen) atoms. The Labute approximate surface area is 121 Å². The monoisotopic (exact) mass is 314 g/mol. The molecule has 1 heterocycles. The number of Topliss-reactive ketones (excluding diaryl/α,β-unsaturated/α-hetero) is 1. The lowest BCUT2D eigenvalue weighted by Crippen LogP contribution is -2.15. The SMILES string of the molecule is COCC(=O)C(C#N)c1nc2cc(C(F)(F)F)ccc2s1. The Bertz CT molecular complexity index is 718. The quantitative estimate of drug-likeness (QED) is 0.870. The number of aromatic nitrogens is 1. The molecule has 2 aromatic rings. The zero-order valence-corrected chi connectivity index (χ0v) is 11.6. The number of carbonyl (C=O) groups is 1. The lowest BCUT2D eigenvalue weighted by atomic mass is 10.1. The molecule has 0 aliphatic rings. The van der Waals surface area contributed by atoms with Crippen LogP contribution in [0.25, 0.3) is 10.2 Å². The number of halogens is 3. The van der Waals surface area contributed by atoms with Gasteiger partial charge in [0.1, 0.15) is 11.6 Å². The first-order valence-electron chi connectivity index (χ1n) is 5.75. The molecule has 4 nitrogen and oxygen atoms in total. The van der Waals surface area contributed by atoms with Crippen LogP contribution in [0.2, 0.25) is 0 Å². The van der Waals surface area contributed by atoms with E-state index in [1.165, 1.54) is 13.2 Å². The summed E-state index contributed by atoms with van der Waals surface area (Å²) in [5.74, 6) is -1.60. The lowest BCUT2D eigenvalue weighted by molar-refractivity contribution is -0.137. The fourth-order valence-corrected chi connectivity index (χ4v) is 2.75. The third-order valence-corrected chi connectivity index (χ3v) is 3.82. The molecule has 110 valence electrons. The van der Waals surface area contributed by atoms with Crippen molar-refractivity contribution in [2.45, 2.75) is 12.1 Å². The lowest BCUT2D eigenvalue weighted by Gasteiger charge is -2.05. The summed E-state index contributed by atoms with van der Waals surface area (Å²) in [6.45, 7) is -0.248. The maximum Gasteiger partial charge on any atom is 0.416 e. The zero-order valence-electron chi connectivity index (χ0n) is 10.8. The third kappa shape index (κ3) is 3.20. The number of ketones is 1. The number of hydrogen-bond donors (Lipinski definition) is 0. The van der Waals surface area contributed by atoms with Crippen LogP contribution in [-0.2, 0) is 15.7 Å². The van der Waals surface area contributed by atoms with Gasteiger partial charge in [0.2, 0.25) is 0 Å². The Morgan fingerprint density at radius 1 is 1.52 bits per heavy atom. The minimum Gasteiger partial charge on any atom is -0.377 e. The number of fused-ring (bicyclic) bond motifs is 1. The summed E-state index contributed by atoms with van der Waals surface area (Å²) in [6.07, 6.45) is -4.46. The van der Waals surface area contributed by atoms with E-state index in [1.807, 2.05) is 0 Å². The van der Waals surface area contributed by atoms with Gasteiger partial charge in [0.15, 0.2) is 11.7 Å². The zero-order chi connectivity index (χ0) is 15.6. The summed E-state index contributed by atoms with van der Waals surface area (Å²) >= 11 is 1.03. The van der Waals surface area contributed by atoms with Crippen molar-refractivity contribution < 1.29 is 22.7 Å². The summed E-state index contributed by atoms with van der Waals surface area (Å²) in [5.41, 5.74) is -0.695. The average Bonchev–Trinajstić information content (AvgIpc) is 2.81. The highest BCUT2D eigenvalue weighted by atomic mass is 32.1. The molecule has 0 saturated carbocycles. The molecular formula is C13H9F3N2O2S. The molecule has 0 fully saturated rings. The van der Waals surface area contributed by atoms with Gasteiger partial charge in [0.25, 0.3) is 0 Å². The number of alkyl halides is 3. The molecular weight excluding hydrogens is 305 g/mol. The topological polar surface area (TPSA) is 63.0 Å². The van der Waals surface area contributed by atoms with Crippen molar-refractivity contribution >= 4 is 27.3 Å². The maximum atomic E-state index is 12.6. The van der Waals surface area contributed by atoms with E-state index in [9.17, 15) is 18.0 Å². The molecule has 0 amide bonds. The highest BCUT2D eigenvalue weighted by molar-refractivity contribution is 7.18. The molecule has 1 atom stereocenters. The van der Waals surface area contributed by atoms with Crippen LogP contribution in [0.5, 0.6) is 0 Å². The van der Waals surface area contributed by atoms with Crippen molar-refractivity contribution in [3.8, 4) is 6.07 Å². The molecule has 0 aliphatic carbocycles. The molecule has 1 aromatic heterocycles. The molecule has 0 saturated heterocycles. The van der Waals surface area contributed by atoms with Crippen molar-refractivity contribution in [1.29, 1.82) is 5.26 Å². The number of rotatable bonds is 4. The van der Waals surface area contributed by atoms with Crippen molar-refractivity contribution in [2.75, 3.05) is 13.7 Å². The number of carbonyl (C=O) groups excluding carboxylic acids is 1. The Balaban J connectivity index is 2.43. The molecule has 1 aromatic carbocycles. The van der Waals surface area contributed by atoms with Crippen LogP contribution < -0.4 is 0 Å². The predicted molar refractivity (Wildman–Crippen MR) is 69.9 cm³/mol. The van der Waals surface area contributed by atoms with E-state index in [4.69, 9.17) is 5.26 Å². The Morgan fingerprint density at radius 2 is 2.24 bits per heavy atom. The van der Waals surface area contributed by atoms with E-state index < -0.39 is 23.4 Å². The maximum absolute atomic E-state index is 12.6. The summed E-state index contributed by atoms with van der Waals surface area (Å²) in [4.78, 5) is 15.7. The van der Waals surface area contributed by atoms with Gasteiger partial charge in [0.05, 0.1) is 21.8 Å². The van der Waals surface area contributed by atoms with Crippen LogP contribution in [-0.4, -0.2) is 24.5 Å². The second kappa shape index (κ2) is 5.79. The van der Waals surface area contributed by atoms with Gasteiger partial charge in [0, 0.05) is 7.11 Å². The van der Waals surface area contributed by atoms with Gasteiger partial charge in [-0.15, -0.1) is 11.3 Å². The standard InChI is InChI=1S/C13H9F3N2O2S/c1-20-6-10(19)8(5-17)12-18-9-4-7(13(14,15)16)2-3-11(9)21-12/h2-4,8H,6H2,1H3. The van der Waals surface area contributed by atoms with Gasteiger partial charge in [-0.25, -0.2) is 4.98 Å². The van der Waals surface area contributed by atoms with Gasteiger partial charge in [-0.1, -0.05) is 0 Å². The van der Waals surface area contributed by atoms with Crippen LogP contribution in [0, 0.1) is 11.3 Å². The smallest absolute Gasteiger partial charge is 0.377 e. The van der Waals surface area contributed by atoms with Crippen molar-refractivity contribution in [3.05, 3.63) is 28.8 Å². The second-order valence-corrected chi connectivity index (χ2v) is 5.26. The van der Waals surface area contributed by atoms with Gasteiger partial charge in [-0.3, -0.25) is 4.79 Å². The van der Waals surface area contributed by atoms with E-state index in [0.29, 0.717) is 4.70 Å². The van der Waals surface area contributed by atoms with E-state index in [0.717, 1.165) is 23.5 Å². The highest BCUT2D eigenvalue weighted by Crippen LogP contribution is 2.34. The van der Waals surface area contributed by atoms with Gasteiger partial charge in [-0.2, -0.15) is 18.4 Å². The van der Waals surface area contributed by atoms with Crippen molar-refractivity contribution in [2.24, 2.45) is 0 Å². The van der Waals surface area contributed by atoms with Crippen LogP contribution in [0.15, 0.2) is 18.2 Å². The first-order valence-corrected chi connectivity index (χ1v) is 6.57. The summed E-state index contributed by atoms with van der Waals surface area (Å²) < 4.78 is 43.0. The van der Waals surface area contributed by atoms with Crippen molar-refractivity contribution in [3.63, 3.8) is 0 Å². The molecule has 0 aliphatic heterocycles. The number of thiazole rings is 1. The van der Waals surface area contributed by atoms with Crippen LogP contribution in [0.4, 0.5) is 13.2 Å². The fourth-order valence-electron chi connectivity index (χ4n) is 1.74. The first kappa shape index (κ1) is 15.4. The molecule has 0 bridgehead atoms. The summed E-state index contributed by atoms with van der Waals surface area (Å²) in [7, 11) is 1.32. The second-order valence-electron chi connectivity index (χ2n) is 4.19. The number of hydrogen-bond acceptors (Lipinski definition) is 5. The van der Waals surface area contributed by atoms with E-state index in [2.05, 4.69) is 9.72 Å². The number of nitriles is 1. The number of ether oxygens (including phenoxy) is 1. The molecule has 0 N–H and O–H groups in total. The van der Waals surface area contributed by atoms with Crippen LogP contribution in [0.1, 0.15) is 16.5 Å². The minimum atomic E-state index is -4.46. The first-order chi connectivity index (χ1) is 9.86. The molecule has 8 heteroatoms. The van der Waals surface area contributed by atoms with Gasteiger partial charge < -0.3 is 4.74 Å². The Hall–Kier alpha value is -1.98. The van der Waals surface area contributed by atoms with E-state index in [-0.39, 0.29) is 17.1 Å². The number of benzene rings is 1. The molecule has 2 rings (SSSR count). The highest BCUT2D eigenvalue weighted by Gasteiger charge is 2.31. The van der Waals surface area contributed by atoms with Gasteiger partial charge in [-0.05, 0) is 18.2 Å². The fraction of sp³-hybridized carbons (Fsp3) is 0.308. The van der Waals surface area contributed by atoms with Gasteiger partial charge >= 0.3 is 6.18 Å². The van der Waals surface area contributed by atoms with Crippen molar-refractivity contribution in [1.82, 2.24) is 4.98 Å².